The van der Waals surface area contributed by atoms with Gasteiger partial charge in [-0.25, -0.2) is 8.42 Å². The zero-order valence-corrected chi connectivity index (χ0v) is 17.0. The van der Waals surface area contributed by atoms with E-state index >= 15 is 0 Å². The number of fused-ring (bicyclic) bond motifs is 1. The van der Waals surface area contributed by atoms with Crippen molar-refractivity contribution in [3.8, 4) is 5.75 Å². The molecule has 1 heterocycles. The van der Waals surface area contributed by atoms with Crippen LogP contribution in [0.5, 0.6) is 5.75 Å². The lowest BCUT2D eigenvalue weighted by molar-refractivity contribution is -0.127. The van der Waals surface area contributed by atoms with E-state index in [4.69, 9.17) is 9.57 Å². The minimum absolute atomic E-state index is 0.00945. The van der Waals surface area contributed by atoms with Crippen molar-refractivity contribution < 1.29 is 27.6 Å². The number of carbonyl (C=O) groups excluding carboxylic acids is 2. The molecule has 29 heavy (non-hydrogen) atoms. The summed E-state index contributed by atoms with van der Waals surface area (Å²) in [7, 11) is 0.0644. The van der Waals surface area contributed by atoms with Gasteiger partial charge >= 0.3 is 0 Å². The number of hydroxylamine groups is 1. The fraction of sp³-hybridized carbons (Fsp3) is 0.263. The molecule has 0 bridgehead atoms. The molecule has 1 aliphatic rings. The highest BCUT2D eigenvalue weighted by Crippen LogP contribution is 2.34. The van der Waals surface area contributed by atoms with Crippen molar-refractivity contribution in [2.75, 3.05) is 32.6 Å². The van der Waals surface area contributed by atoms with Crippen LogP contribution in [0.3, 0.4) is 0 Å². The summed E-state index contributed by atoms with van der Waals surface area (Å²) in [5, 5.41) is 2.51. The molecule has 1 atom stereocenters. The minimum Gasteiger partial charge on any atom is -0.477 e. The van der Waals surface area contributed by atoms with Crippen LogP contribution in [-0.2, 0) is 19.7 Å². The number of ether oxygens (including phenoxy) is 1. The first-order valence-corrected chi connectivity index (χ1v) is 10.2. The van der Waals surface area contributed by atoms with Crippen LogP contribution in [0.25, 0.3) is 0 Å². The van der Waals surface area contributed by atoms with Gasteiger partial charge in [0.1, 0.15) is 5.75 Å². The number of benzene rings is 2. The van der Waals surface area contributed by atoms with E-state index in [-0.39, 0.29) is 22.9 Å². The second kappa shape index (κ2) is 8.19. The molecule has 3 rings (SSSR count). The highest BCUT2D eigenvalue weighted by molar-refractivity contribution is 7.89. The molecular weight excluding hydrogens is 398 g/mol. The molecule has 9 nitrogen and oxygen atoms in total. The number of amides is 2. The predicted molar refractivity (Wildman–Crippen MR) is 105 cm³/mol. The standard InChI is InChI=1S/C19H21N3O6S/c1-20-18(23)17-12-22(15-9-4-5-10-16(15)28-17)19(24)13-7-6-8-14(11-13)29(25,26)21(2)27-3/h4-11,17H,12H2,1-3H3,(H,20,23)/t17-/m1/s1. The van der Waals surface area contributed by atoms with Crippen LogP contribution in [-0.4, -0.2) is 58.6 Å². The number of sulfonamides is 1. The first kappa shape index (κ1) is 20.8. The molecule has 154 valence electrons. The van der Waals surface area contributed by atoms with Gasteiger partial charge < -0.3 is 15.0 Å². The Labute approximate surface area is 168 Å². The number of nitrogens with one attached hydrogen (secondary N) is 1. The topological polar surface area (TPSA) is 105 Å². The molecule has 10 heteroatoms. The summed E-state index contributed by atoms with van der Waals surface area (Å²) in [5.74, 6) is -0.425. The highest BCUT2D eigenvalue weighted by atomic mass is 32.2. The second-order valence-electron chi connectivity index (χ2n) is 6.23. The van der Waals surface area contributed by atoms with Crippen LogP contribution in [0.4, 0.5) is 5.69 Å². The highest BCUT2D eigenvalue weighted by Gasteiger charge is 2.34. The van der Waals surface area contributed by atoms with Gasteiger partial charge in [-0.3, -0.25) is 14.4 Å². The molecule has 2 amide bonds. The lowest BCUT2D eigenvalue weighted by Gasteiger charge is -2.34. The van der Waals surface area contributed by atoms with E-state index in [2.05, 4.69) is 5.32 Å². The van der Waals surface area contributed by atoms with E-state index in [9.17, 15) is 18.0 Å². The summed E-state index contributed by atoms with van der Waals surface area (Å²) < 4.78 is 31.4. The van der Waals surface area contributed by atoms with E-state index in [1.54, 1.807) is 24.3 Å². The van der Waals surface area contributed by atoms with Crippen molar-refractivity contribution in [3.05, 3.63) is 54.1 Å². The van der Waals surface area contributed by atoms with Crippen molar-refractivity contribution >= 4 is 27.5 Å². The maximum atomic E-state index is 13.2. The molecule has 1 N–H and O–H groups in total. The molecule has 0 spiro atoms. The van der Waals surface area contributed by atoms with Gasteiger partial charge in [-0.15, -0.1) is 0 Å². The number of nitrogens with zero attached hydrogens (tertiary/aromatic N) is 2. The molecule has 0 aromatic heterocycles. The van der Waals surface area contributed by atoms with Crippen LogP contribution in [0.15, 0.2) is 53.4 Å². The number of hydrogen-bond acceptors (Lipinski definition) is 6. The van der Waals surface area contributed by atoms with Gasteiger partial charge in [0, 0.05) is 19.7 Å². The molecule has 0 fully saturated rings. The van der Waals surface area contributed by atoms with Crippen LogP contribution in [0.2, 0.25) is 0 Å². The predicted octanol–water partition coefficient (Wildman–Crippen LogP) is 1.02. The lowest BCUT2D eigenvalue weighted by atomic mass is 10.1. The van der Waals surface area contributed by atoms with E-state index in [0.29, 0.717) is 15.9 Å². The Morgan fingerprint density at radius 2 is 1.93 bits per heavy atom. The molecular formula is C19H21N3O6S. The fourth-order valence-electron chi connectivity index (χ4n) is 2.92. The van der Waals surface area contributed by atoms with Crippen molar-refractivity contribution in [1.82, 2.24) is 9.79 Å². The maximum absolute atomic E-state index is 13.2. The first-order chi connectivity index (χ1) is 13.8. The Hall–Kier alpha value is -2.95. The molecule has 0 aliphatic carbocycles. The van der Waals surface area contributed by atoms with Crippen molar-refractivity contribution in [3.63, 3.8) is 0 Å². The summed E-state index contributed by atoms with van der Waals surface area (Å²) in [6, 6.07) is 12.5. The van der Waals surface area contributed by atoms with E-state index < -0.39 is 22.0 Å². The van der Waals surface area contributed by atoms with Crippen molar-refractivity contribution in [2.45, 2.75) is 11.0 Å². The number of carbonyl (C=O) groups is 2. The number of likely N-dealkylation sites (N-methyl/N-ethyl adjacent to an activating group) is 1. The van der Waals surface area contributed by atoms with Crippen LogP contribution < -0.4 is 15.0 Å². The first-order valence-electron chi connectivity index (χ1n) is 8.72. The third-order valence-electron chi connectivity index (χ3n) is 4.53. The normalized spacial score (nSPS) is 16.1. The minimum atomic E-state index is -3.91. The summed E-state index contributed by atoms with van der Waals surface area (Å²) in [4.78, 5) is 31.4. The Morgan fingerprint density at radius 3 is 2.62 bits per heavy atom. The Balaban J connectivity index is 2.00. The Bertz CT molecular complexity index is 1040. The molecule has 0 saturated carbocycles. The molecule has 0 saturated heterocycles. The SMILES string of the molecule is CNC(=O)[C@H]1CN(C(=O)c2cccc(S(=O)(=O)N(C)OC)c2)c2ccccc2O1. The molecule has 2 aromatic carbocycles. The zero-order valence-electron chi connectivity index (χ0n) is 16.2. The fourth-order valence-corrected chi connectivity index (χ4v) is 3.94. The Kier molecular flexibility index (Phi) is 5.87. The van der Waals surface area contributed by atoms with E-state index in [1.165, 1.54) is 50.4 Å². The van der Waals surface area contributed by atoms with E-state index in [1.807, 2.05) is 0 Å². The van der Waals surface area contributed by atoms with Gasteiger partial charge in [-0.05, 0) is 30.3 Å². The number of anilines is 1. The van der Waals surface area contributed by atoms with Gasteiger partial charge in [-0.1, -0.05) is 22.7 Å². The van der Waals surface area contributed by atoms with Crippen LogP contribution in [0.1, 0.15) is 10.4 Å². The van der Waals surface area contributed by atoms with Gasteiger partial charge in [0.2, 0.25) is 0 Å². The molecule has 1 aliphatic heterocycles. The van der Waals surface area contributed by atoms with E-state index in [0.717, 1.165) is 0 Å². The third kappa shape index (κ3) is 3.95. The quantitative estimate of drug-likeness (QED) is 0.726. The number of rotatable bonds is 5. The number of para-hydroxylation sites is 2. The molecule has 0 radical (unpaired) electrons. The molecule has 2 aromatic rings. The average Bonchev–Trinajstić information content (AvgIpc) is 2.76. The zero-order chi connectivity index (χ0) is 21.2. The van der Waals surface area contributed by atoms with Gasteiger partial charge in [0.25, 0.3) is 21.8 Å². The summed E-state index contributed by atoms with van der Waals surface area (Å²) in [6.45, 7) is -0.00945. The largest absolute Gasteiger partial charge is 0.477 e. The average molecular weight is 419 g/mol. The van der Waals surface area contributed by atoms with Gasteiger partial charge in [0.05, 0.1) is 24.2 Å². The monoisotopic (exact) mass is 419 g/mol. The summed E-state index contributed by atoms with van der Waals surface area (Å²) >= 11 is 0. The summed E-state index contributed by atoms with van der Waals surface area (Å²) in [5.41, 5.74) is 0.655. The number of hydrogen-bond donors (Lipinski definition) is 1. The third-order valence-corrected chi connectivity index (χ3v) is 6.21. The van der Waals surface area contributed by atoms with Crippen LogP contribution >= 0.6 is 0 Å². The van der Waals surface area contributed by atoms with Crippen molar-refractivity contribution in [2.24, 2.45) is 0 Å². The van der Waals surface area contributed by atoms with Crippen molar-refractivity contribution in [1.29, 1.82) is 0 Å². The maximum Gasteiger partial charge on any atom is 0.264 e. The van der Waals surface area contributed by atoms with Gasteiger partial charge in [0.15, 0.2) is 6.10 Å². The molecule has 0 unspecified atom stereocenters. The summed E-state index contributed by atoms with van der Waals surface area (Å²) in [6.07, 6.45) is -0.884. The van der Waals surface area contributed by atoms with Crippen LogP contribution in [0, 0.1) is 0 Å². The second-order valence-corrected chi connectivity index (χ2v) is 8.17. The lowest BCUT2D eigenvalue weighted by Crippen LogP contribution is -2.50. The smallest absolute Gasteiger partial charge is 0.264 e. The van der Waals surface area contributed by atoms with Gasteiger partial charge in [-0.2, -0.15) is 0 Å². The Morgan fingerprint density at radius 1 is 1.21 bits per heavy atom.